The van der Waals surface area contributed by atoms with E-state index < -0.39 is 0 Å². The van der Waals surface area contributed by atoms with Crippen LogP contribution in [0.1, 0.15) is 13.3 Å². The van der Waals surface area contributed by atoms with E-state index in [1.54, 1.807) is 6.20 Å². The highest BCUT2D eigenvalue weighted by Crippen LogP contribution is 2.21. The fourth-order valence-corrected chi connectivity index (χ4v) is 3.17. The molecule has 0 bridgehead atoms. The van der Waals surface area contributed by atoms with Gasteiger partial charge >= 0.3 is 0 Å². The summed E-state index contributed by atoms with van der Waals surface area (Å²) in [6.45, 7) is 6.66. The lowest BCUT2D eigenvalue weighted by molar-refractivity contribution is -0.122. The normalized spacial score (nSPS) is 14.2. The summed E-state index contributed by atoms with van der Waals surface area (Å²) in [4.78, 5) is 20.8. The van der Waals surface area contributed by atoms with Gasteiger partial charge in [0.1, 0.15) is 0 Å². The van der Waals surface area contributed by atoms with Crippen LogP contribution in [0.4, 0.5) is 5.95 Å². The third kappa shape index (κ3) is 6.28. The molecule has 1 amide bonds. The van der Waals surface area contributed by atoms with E-state index in [1.807, 2.05) is 30.5 Å². The minimum Gasteiger partial charge on any atom is -0.355 e. The maximum Gasteiger partial charge on any atom is 0.234 e. The number of rotatable bonds is 6. The number of nitrogens with zero attached hydrogens (tertiary/aromatic N) is 4. The van der Waals surface area contributed by atoms with E-state index in [4.69, 9.17) is 11.6 Å². The van der Waals surface area contributed by atoms with Gasteiger partial charge in [0.25, 0.3) is 0 Å². The molecule has 1 N–H and O–H groups in total. The van der Waals surface area contributed by atoms with Gasteiger partial charge in [-0.25, -0.2) is 4.98 Å². The number of benzene rings is 1. The van der Waals surface area contributed by atoms with E-state index in [9.17, 15) is 4.79 Å². The molecule has 150 valence electrons. The van der Waals surface area contributed by atoms with Gasteiger partial charge in [-0.3, -0.25) is 14.3 Å². The summed E-state index contributed by atoms with van der Waals surface area (Å²) < 4.78 is 2.05. The Morgan fingerprint density at radius 3 is 2.63 bits per heavy atom. The van der Waals surface area contributed by atoms with Crippen LogP contribution in [0.5, 0.6) is 0 Å². The van der Waals surface area contributed by atoms with Gasteiger partial charge in [0, 0.05) is 55.8 Å². The third-order valence-corrected chi connectivity index (χ3v) is 4.54. The zero-order valence-electron chi connectivity index (χ0n) is 15.3. The lowest BCUT2D eigenvalue weighted by atomic mass is 10.3. The molecule has 0 unspecified atom stereocenters. The predicted octanol–water partition coefficient (Wildman–Crippen LogP) is 3.02. The highest BCUT2D eigenvalue weighted by molar-refractivity contribution is 6.30. The highest BCUT2D eigenvalue weighted by Gasteiger charge is 2.22. The molecule has 1 saturated heterocycles. The minimum atomic E-state index is 0. The summed E-state index contributed by atoms with van der Waals surface area (Å²) in [5.74, 6) is 1.02. The standard InChI is InChI=1S/C18H24ClN5O.2ClH/c1-2-6-20-17(25)14-22-9-11-23(12-10-22)18-21-7-8-24(18)16-5-3-4-15(19)13-16;;/h3-5,7-8,13H,2,6,9-12,14H2,1H3,(H,20,25);2*1H. The van der Waals surface area contributed by atoms with Crippen LogP contribution < -0.4 is 10.2 Å². The molecule has 9 heteroatoms. The largest absolute Gasteiger partial charge is 0.355 e. The van der Waals surface area contributed by atoms with Crippen LogP contribution in [0.3, 0.4) is 0 Å². The molecule has 3 rings (SSSR count). The Morgan fingerprint density at radius 1 is 1.22 bits per heavy atom. The predicted molar refractivity (Wildman–Crippen MR) is 115 cm³/mol. The fraction of sp³-hybridized carbons (Fsp3) is 0.444. The lowest BCUT2D eigenvalue weighted by Crippen LogP contribution is -2.50. The van der Waals surface area contributed by atoms with Gasteiger partial charge in [0.2, 0.25) is 11.9 Å². The molecule has 0 radical (unpaired) electrons. The molecule has 0 aliphatic carbocycles. The van der Waals surface area contributed by atoms with Crippen LogP contribution in [0.25, 0.3) is 5.69 Å². The second-order valence-corrected chi connectivity index (χ2v) is 6.63. The second kappa shape index (κ2) is 11.4. The molecule has 0 spiro atoms. The maximum absolute atomic E-state index is 11.9. The SMILES string of the molecule is CCCNC(=O)CN1CCN(c2nccn2-c2cccc(Cl)c2)CC1.Cl.Cl. The summed E-state index contributed by atoms with van der Waals surface area (Å²) >= 11 is 6.11. The molecule has 1 aliphatic rings. The molecule has 6 nitrogen and oxygen atoms in total. The minimum absolute atomic E-state index is 0. The summed E-state index contributed by atoms with van der Waals surface area (Å²) in [7, 11) is 0. The Balaban J connectivity index is 0.00000182. The van der Waals surface area contributed by atoms with Crippen molar-refractivity contribution >= 4 is 48.3 Å². The van der Waals surface area contributed by atoms with E-state index in [1.165, 1.54) is 0 Å². The summed E-state index contributed by atoms with van der Waals surface area (Å²) in [5, 5.41) is 3.64. The van der Waals surface area contributed by atoms with Crippen molar-refractivity contribution in [2.75, 3.05) is 44.2 Å². The van der Waals surface area contributed by atoms with Gasteiger partial charge < -0.3 is 10.2 Å². The Bertz CT molecular complexity index is 717. The summed E-state index contributed by atoms with van der Waals surface area (Å²) in [6.07, 6.45) is 4.72. The number of anilines is 1. The van der Waals surface area contributed by atoms with E-state index in [-0.39, 0.29) is 30.7 Å². The smallest absolute Gasteiger partial charge is 0.234 e. The van der Waals surface area contributed by atoms with Gasteiger partial charge in [-0.2, -0.15) is 0 Å². The summed E-state index contributed by atoms with van der Waals surface area (Å²) in [5.41, 5.74) is 1.00. The number of hydrogen-bond acceptors (Lipinski definition) is 4. The van der Waals surface area contributed by atoms with Crippen LogP contribution in [0.15, 0.2) is 36.7 Å². The fourth-order valence-electron chi connectivity index (χ4n) is 2.99. The van der Waals surface area contributed by atoms with Crippen LogP contribution in [0.2, 0.25) is 5.02 Å². The number of hydrogen-bond donors (Lipinski definition) is 1. The molecule has 2 heterocycles. The van der Waals surface area contributed by atoms with Crippen molar-refractivity contribution in [2.24, 2.45) is 0 Å². The van der Waals surface area contributed by atoms with Crippen LogP contribution in [-0.2, 0) is 4.79 Å². The first kappa shape index (κ1) is 23.6. The average molecular weight is 435 g/mol. The van der Waals surface area contributed by atoms with Gasteiger partial charge in [0.05, 0.1) is 6.54 Å². The Hall–Kier alpha value is -1.47. The number of carbonyl (C=O) groups excluding carboxylic acids is 1. The number of aromatic nitrogens is 2. The van der Waals surface area contributed by atoms with E-state index in [0.717, 1.165) is 50.8 Å². The Kier molecular flexibility index (Phi) is 9.94. The van der Waals surface area contributed by atoms with Crippen molar-refractivity contribution in [3.05, 3.63) is 41.7 Å². The number of halogens is 3. The van der Waals surface area contributed by atoms with Crippen molar-refractivity contribution in [1.82, 2.24) is 19.8 Å². The van der Waals surface area contributed by atoms with Crippen molar-refractivity contribution in [2.45, 2.75) is 13.3 Å². The first-order valence-electron chi connectivity index (χ1n) is 8.70. The molecule has 2 aromatic rings. The first-order chi connectivity index (χ1) is 12.2. The van der Waals surface area contributed by atoms with Gasteiger partial charge in [0.15, 0.2) is 0 Å². The van der Waals surface area contributed by atoms with E-state index >= 15 is 0 Å². The first-order valence-corrected chi connectivity index (χ1v) is 9.08. The molecule has 0 atom stereocenters. The number of amides is 1. The molecule has 0 saturated carbocycles. The quantitative estimate of drug-likeness (QED) is 0.759. The molecule has 1 fully saturated rings. The van der Waals surface area contributed by atoms with Crippen LogP contribution >= 0.6 is 36.4 Å². The third-order valence-electron chi connectivity index (χ3n) is 4.30. The van der Waals surface area contributed by atoms with Gasteiger partial charge in [-0.1, -0.05) is 24.6 Å². The van der Waals surface area contributed by atoms with Crippen molar-refractivity contribution in [3.8, 4) is 5.69 Å². The molecule has 1 aliphatic heterocycles. The maximum atomic E-state index is 11.9. The lowest BCUT2D eigenvalue weighted by Gasteiger charge is -2.35. The van der Waals surface area contributed by atoms with Crippen molar-refractivity contribution in [3.63, 3.8) is 0 Å². The second-order valence-electron chi connectivity index (χ2n) is 6.19. The average Bonchev–Trinajstić information content (AvgIpc) is 3.10. The van der Waals surface area contributed by atoms with Crippen LogP contribution in [-0.4, -0.2) is 59.6 Å². The van der Waals surface area contributed by atoms with Gasteiger partial charge in [-0.15, -0.1) is 24.8 Å². The van der Waals surface area contributed by atoms with Crippen molar-refractivity contribution < 1.29 is 4.79 Å². The number of imidazole rings is 1. The molecule has 1 aromatic heterocycles. The topological polar surface area (TPSA) is 53.4 Å². The zero-order valence-corrected chi connectivity index (χ0v) is 17.7. The monoisotopic (exact) mass is 433 g/mol. The van der Waals surface area contributed by atoms with Crippen molar-refractivity contribution in [1.29, 1.82) is 0 Å². The number of nitrogens with one attached hydrogen (secondary N) is 1. The molecule has 27 heavy (non-hydrogen) atoms. The van der Waals surface area contributed by atoms with Gasteiger partial charge in [-0.05, 0) is 24.6 Å². The Labute approximate surface area is 177 Å². The molecule has 1 aromatic carbocycles. The van der Waals surface area contributed by atoms with E-state index in [2.05, 4.69) is 31.6 Å². The number of carbonyl (C=O) groups is 1. The number of piperazine rings is 1. The van der Waals surface area contributed by atoms with Crippen LogP contribution in [0, 0.1) is 0 Å². The highest BCUT2D eigenvalue weighted by atomic mass is 35.5. The zero-order chi connectivity index (χ0) is 17.6. The molecular weight excluding hydrogens is 409 g/mol. The Morgan fingerprint density at radius 2 is 1.96 bits per heavy atom. The van der Waals surface area contributed by atoms with E-state index in [0.29, 0.717) is 11.6 Å². The summed E-state index contributed by atoms with van der Waals surface area (Å²) in [6, 6.07) is 7.75. The molecular formula is C18H26Cl3N5O.